The van der Waals surface area contributed by atoms with Gasteiger partial charge < -0.3 is 10.1 Å². The average molecular weight is 457 g/mol. The maximum Gasteiger partial charge on any atom is 0.408 e. The van der Waals surface area contributed by atoms with Crippen LogP contribution in [-0.2, 0) is 22.7 Å². The summed E-state index contributed by atoms with van der Waals surface area (Å²) in [6, 6.07) is 23.4. The second-order valence-electron chi connectivity index (χ2n) is 7.78. The number of carbonyl (C=O) groups excluding carboxylic acids is 4. The number of amides is 4. The Morgan fingerprint density at radius 3 is 1.88 bits per heavy atom. The van der Waals surface area contributed by atoms with Crippen molar-refractivity contribution >= 4 is 23.8 Å². The highest BCUT2D eigenvalue weighted by molar-refractivity contribution is 6.21. The number of hydrogen-bond donors (Lipinski definition) is 1. The van der Waals surface area contributed by atoms with Gasteiger partial charge in [0.05, 0.1) is 17.7 Å². The molecule has 0 spiro atoms. The van der Waals surface area contributed by atoms with Gasteiger partial charge in [-0.25, -0.2) is 9.80 Å². The summed E-state index contributed by atoms with van der Waals surface area (Å²) in [4.78, 5) is 51.8. The van der Waals surface area contributed by atoms with Gasteiger partial charge in [-0.2, -0.15) is 5.01 Å². The minimum absolute atomic E-state index is 0.0315. The fourth-order valence-corrected chi connectivity index (χ4v) is 3.63. The number of benzene rings is 3. The monoisotopic (exact) mass is 457 g/mol. The Morgan fingerprint density at radius 1 is 0.824 bits per heavy atom. The molecule has 0 unspecified atom stereocenters. The molecule has 1 atom stereocenters. The lowest BCUT2D eigenvalue weighted by molar-refractivity contribution is -0.144. The lowest BCUT2D eigenvalue weighted by Gasteiger charge is -2.32. The van der Waals surface area contributed by atoms with Gasteiger partial charge in [-0.15, -0.1) is 0 Å². The third kappa shape index (κ3) is 4.80. The molecule has 0 saturated carbocycles. The molecule has 0 aromatic heterocycles. The number of alkyl carbamates (subject to hydrolysis) is 1. The molecule has 8 heteroatoms. The molecule has 0 saturated heterocycles. The minimum atomic E-state index is -1.06. The van der Waals surface area contributed by atoms with E-state index in [2.05, 4.69) is 5.32 Å². The fraction of sp³-hybridized carbons (Fsp3) is 0.154. The van der Waals surface area contributed by atoms with Crippen molar-refractivity contribution in [2.24, 2.45) is 0 Å². The summed E-state index contributed by atoms with van der Waals surface area (Å²) in [5, 5.41) is 4.40. The number of ether oxygens (including phenoxy) is 1. The number of hydrogen-bond acceptors (Lipinski definition) is 5. The van der Waals surface area contributed by atoms with Gasteiger partial charge in [-0.05, 0) is 30.2 Å². The molecule has 8 nitrogen and oxygen atoms in total. The van der Waals surface area contributed by atoms with Gasteiger partial charge in [0.25, 0.3) is 17.7 Å². The Bertz CT molecular complexity index is 1180. The molecule has 0 aliphatic carbocycles. The molecule has 3 aromatic carbocycles. The van der Waals surface area contributed by atoms with Gasteiger partial charge >= 0.3 is 6.09 Å². The molecule has 34 heavy (non-hydrogen) atoms. The van der Waals surface area contributed by atoms with Crippen molar-refractivity contribution in [3.05, 3.63) is 107 Å². The van der Waals surface area contributed by atoms with Crippen molar-refractivity contribution in [2.75, 3.05) is 0 Å². The summed E-state index contributed by atoms with van der Waals surface area (Å²) in [7, 11) is 0. The number of hydrazine groups is 1. The third-order valence-electron chi connectivity index (χ3n) is 5.36. The van der Waals surface area contributed by atoms with Crippen LogP contribution in [0.2, 0.25) is 0 Å². The van der Waals surface area contributed by atoms with E-state index in [-0.39, 0.29) is 24.3 Å². The first-order chi connectivity index (χ1) is 16.5. The molecule has 4 amide bonds. The van der Waals surface area contributed by atoms with Crippen LogP contribution in [0.3, 0.4) is 0 Å². The highest BCUT2D eigenvalue weighted by Gasteiger charge is 2.42. The molecule has 4 rings (SSSR count). The van der Waals surface area contributed by atoms with Crippen molar-refractivity contribution in [1.29, 1.82) is 0 Å². The lowest BCUT2D eigenvalue weighted by atomic mass is 10.1. The molecule has 1 N–H and O–H groups in total. The number of imide groups is 1. The number of nitrogens with zero attached hydrogens (tertiary/aromatic N) is 2. The van der Waals surface area contributed by atoms with Crippen LogP contribution in [0.5, 0.6) is 0 Å². The van der Waals surface area contributed by atoms with E-state index in [0.717, 1.165) is 15.6 Å². The van der Waals surface area contributed by atoms with E-state index in [1.54, 1.807) is 48.5 Å². The van der Waals surface area contributed by atoms with E-state index < -0.39 is 29.9 Å². The SMILES string of the molecule is C[C@H](NC(=O)OCc1ccccc1)C(=O)N(Cc1ccccc1)N1C(=O)c2ccccc2C1=O. The Hall–Kier alpha value is -4.46. The molecule has 3 aromatic rings. The molecule has 0 fully saturated rings. The molecular formula is C26H23N3O5. The Morgan fingerprint density at radius 2 is 1.32 bits per heavy atom. The highest BCUT2D eigenvalue weighted by atomic mass is 16.5. The maximum absolute atomic E-state index is 13.4. The quantitative estimate of drug-likeness (QED) is 0.548. The third-order valence-corrected chi connectivity index (χ3v) is 5.36. The van der Waals surface area contributed by atoms with E-state index in [1.807, 2.05) is 36.4 Å². The zero-order chi connectivity index (χ0) is 24.1. The second-order valence-corrected chi connectivity index (χ2v) is 7.78. The first-order valence-corrected chi connectivity index (χ1v) is 10.8. The van der Waals surface area contributed by atoms with Crippen molar-refractivity contribution in [2.45, 2.75) is 26.1 Å². The van der Waals surface area contributed by atoms with Crippen LogP contribution < -0.4 is 5.32 Å². The predicted molar refractivity (Wildman–Crippen MR) is 123 cm³/mol. The van der Waals surface area contributed by atoms with Crippen LogP contribution in [0.25, 0.3) is 0 Å². The maximum atomic E-state index is 13.4. The second kappa shape index (κ2) is 9.99. The molecule has 172 valence electrons. The predicted octanol–water partition coefficient (Wildman–Crippen LogP) is 3.54. The van der Waals surface area contributed by atoms with Crippen molar-refractivity contribution in [1.82, 2.24) is 15.3 Å². The molecule has 1 heterocycles. The van der Waals surface area contributed by atoms with Crippen LogP contribution in [0, 0.1) is 0 Å². The summed E-state index contributed by atoms with van der Waals surface area (Å²) in [5.41, 5.74) is 1.96. The van der Waals surface area contributed by atoms with E-state index >= 15 is 0 Å². The van der Waals surface area contributed by atoms with Gasteiger partial charge in [0.1, 0.15) is 12.6 Å². The largest absolute Gasteiger partial charge is 0.445 e. The summed E-state index contributed by atoms with van der Waals surface area (Å²) in [6.45, 7) is 1.48. The molecule has 0 bridgehead atoms. The van der Waals surface area contributed by atoms with Gasteiger partial charge in [-0.1, -0.05) is 72.8 Å². The number of rotatable bonds is 7. The summed E-state index contributed by atoms with van der Waals surface area (Å²) < 4.78 is 5.20. The van der Waals surface area contributed by atoms with E-state index in [4.69, 9.17) is 4.74 Å². The smallest absolute Gasteiger partial charge is 0.408 e. The summed E-state index contributed by atoms with van der Waals surface area (Å²) in [6.07, 6.45) is -0.785. The molecule has 1 aliphatic rings. The molecule has 0 radical (unpaired) electrons. The van der Waals surface area contributed by atoms with E-state index in [0.29, 0.717) is 5.56 Å². The van der Waals surface area contributed by atoms with Crippen LogP contribution in [0.15, 0.2) is 84.9 Å². The normalized spacial score (nSPS) is 13.3. The number of nitrogens with one attached hydrogen (secondary N) is 1. The van der Waals surface area contributed by atoms with Crippen molar-refractivity contribution in [3.8, 4) is 0 Å². The topological polar surface area (TPSA) is 96.0 Å². The molecular weight excluding hydrogens is 434 g/mol. The van der Waals surface area contributed by atoms with Crippen LogP contribution >= 0.6 is 0 Å². The zero-order valence-corrected chi connectivity index (χ0v) is 18.5. The Kier molecular flexibility index (Phi) is 6.68. The lowest BCUT2D eigenvalue weighted by Crippen LogP contribution is -2.55. The first kappa shape index (κ1) is 22.7. The number of fused-ring (bicyclic) bond motifs is 1. The van der Waals surface area contributed by atoms with Gasteiger partial charge in [0, 0.05) is 0 Å². The van der Waals surface area contributed by atoms with E-state index in [9.17, 15) is 19.2 Å². The van der Waals surface area contributed by atoms with Crippen LogP contribution in [0.1, 0.15) is 38.8 Å². The van der Waals surface area contributed by atoms with Crippen molar-refractivity contribution in [3.63, 3.8) is 0 Å². The first-order valence-electron chi connectivity index (χ1n) is 10.8. The van der Waals surface area contributed by atoms with Gasteiger partial charge in [0.15, 0.2) is 0 Å². The fourth-order valence-electron chi connectivity index (χ4n) is 3.63. The van der Waals surface area contributed by atoms with Crippen LogP contribution in [0.4, 0.5) is 4.79 Å². The van der Waals surface area contributed by atoms with E-state index in [1.165, 1.54) is 6.92 Å². The average Bonchev–Trinajstić information content (AvgIpc) is 3.12. The van der Waals surface area contributed by atoms with Gasteiger partial charge in [0.2, 0.25) is 0 Å². The zero-order valence-electron chi connectivity index (χ0n) is 18.5. The van der Waals surface area contributed by atoms with Crippen molar-refractivity contribution < 1.29 is 23.9 Å². The summed E-state index contributed by atoms with van der Waals surface area (Å²) in [5.74, 6) is -1.82. The Labute approximate surface area is 196 Å². The number of carbonyl (C=O) groups is 4. The highest BCUT2D eigenvalue weighted by Crippen LogP contribution is 2.25. The van der Waals surface area contributed by atoms with Gasteiger partial charge in [-0.3, -0.25) is 14.4 Å². The van der Waals surface area contributed by atoms with Crippen LogP contribution in [-0.4, -0.2) is 39.9 Å². The standard InChI is InChI=1S/C26H23N3O5/c1-18(27-26(33)34-17-20-12-6-3-7-13-20)23(30)28(16-19-10-4-2-5-11-19)29-24(31)21-14-8-9-15-22(21)25(29)32/h2-15,18H,16-17H2,1H3,(H,27,33)/t18-/m0/s1. The summed E-state index contributed by atoms with van der Waals surface area (Å²) >= 11 is 0. The molecule has 1 aliphatic heterocycles. The minimum Gasteiger partial charge on any atom is -0.445 e. The Balaban J connectivity index is 1.52.